The van der Waals surface area contributed by atoms with E-state index in [0.29, 0.717) is 35.8 Å². The van der Waals surface area contributed by atoms with E-state index >= 15 is 0 Å². The molecule has 0 aliphatic heterocycles. The molecule has 0 saturated heterocycles. The van der Waals surface area contributed by atoms with E-state index in [4.69, 9.17) is 4.42 Å². The normalized spacial score (nSPS) is 10.3. The van der Waals surface area contributed by atoms with Gasteiger partial charge in [0.05, 0.1) is 11.8 Å². The Bertz CT molecular complexity index is 601. The minimum Gasteiger partial charge on any atom is -0.463 e. The van der Waals surface area contributed by atoms with Gasteiger partial charge in [-0.3, -0.25) is 14.7 Å². The van der Waals surface area contributed by atoms with Crippen LogP contribution in [0.1, 0.15) is 23.0 Å². The van der Waals surface area contributed by atoms with Crippen LogP contribution in [0.25, 0.3) is 11.5 Å². The number of hydrogen-bond acceptors (Lipinski definition) is 4. The Morgan fingerprint density at radius 2 is 2.10 bits per heavy atom. The fourth-order valence-corrected chi connectivity index (χ4v) is 1.80. The van der Waals surface area contributed by atoms with Gasteiger partial charge in [0, 0.05) is 25.7 Å². The average Bonchev–Trinajstić information content (AvgIpc) is 3.02. The van der Waals surface area contributed by atoms with E-state index in [9.17, 15) is 9.59 Å². The van der Waals surface area contributed by atoms with Crippen molar-refractivity contribution in [1.29, 1.82) is 0 Å². The molecule has 2 aromatic rings. The standard InChI is InChI=1S/C13H16N4O3/c1-8-11(13(19)15-6-5-14-9(2)18)12(17-16-8)10-4-3-7-20-10/h3-4,7H,5-6H2,1-2H3,(H,14,18)(H,15,19)(H,16,17). The number of nitrogens with one attached hydrogen (secondary N) is 3. The highest BCUT2D eigenvalue weighted by molar-refractivity contribution is 6.00. The van der Waals surface area contributed by atoms with E-state index in [2.05, 4.69) is 20.8 Å². The van der Waals surface area contributed by atoms with Crippen LogP contribution in [0.2, 0.25) is 0 Å². The van der Waals surface area contributed by atoms with Crippen molar-refractivity contribution < 1.29 is 14.0 Å². The zero-order valence-corrected chi connectivity index (χ0v) is 11.3. The summed E-state index contributed by atoms with van der Waals surface area (Å²) in [6.07, 6.45) is 1.53. The molecule has 0 aromatic carbocycles. The first-order valence-electron chi connectivity index (χ1n) is 6.21. The second kappa shape index (κ2) is 6.05. The lowest BCUT2D eigenvalue weighted by Gasteiger charge is -2.06. The zero-order valence-electron chi connectivity index (χ0n) is 11.3. The SMILES string of the molecule is CC(=O)NCCNC(=O)c1c(-c2ccco2)n[nH]c1C. The minimum atomic E-state index is -0.256. The summed E-state index contributed by atoms with van der Waals surface area (Å²) in [5.74, 6) is 0.143. The van der Waals surface area contributed by atoms with Gasteiger partial charge in [-0.05, 0) is 19.1 Å². The van der Waals surface area contributed by atoms with Gasteiger partial charge in [0.15, 0.2) is 5.76 Å². The maximum absolute atomic E-state index is 12.2. The first-order valence-corrected chi connectivity index (χ1v) is 6.21. The number of H-pyrrole nitrogens is 1. The second-order valence-corrected chi connectivity index (χ2v) is 4.29. The molecule has 0 radical (unpaired) electrons. The minimum absolute atomic E-state index is 0.130. The van der Waals surface area contributed by atoms with Crippen molar-refractivity contribution in [2.45, 2.75) is 13.8 Å². The molecular formula is C13H16N4O3. The highest BCUT2D eigenvalue weighted by Crippen LogP contribution is 2.23. The zero-order chi connectivity index (χ0) is 14.5. The maximum Gasteiger partial charge on any atom is 0.255 e. The molecule has 0 aliphatic rings. The Labute approximate surface area is 115 Å². The molecule has 7 heteroatoms. The van der Waals surface area contributed by atoms with E-state index in [0.717, 1.165) is 0 Å². The largest absolute Gasteiger partial charge is 0.463 e. The van der Waals surface area contributed by atoms with Gasteiger partial charge in [-0.1, -0.05) is 0 Å². The van der Waals surface area contributed by atoms with Crippen molar-refractivity contribution in [2.24, 2.45) is 0 Å². The number of rotatable bonds is 5. The smallest absolute Gasteiger partial charge is 0.255 e. The molecule has 20 heavy (non-hydrogen) atoms. The summed E-state index contributed by atoms with van der Waals surface area (Å²) in [5, 5.41) is 12.2. The number of nitrogens with zero attached hydrogens (tertiary/aromatic N) is 1. The van der Waals surface area contributed by atoms with Gasteiger partial charge in [0.1, 0.15) is 5.69 Å². The molecule has 0 aliphatic carbocycles. The molecule has 2 amide bonds. The van der Waals surface area contributed by atoms with Gasteiger partial charge < -0.3 is 15.1 Å². The van der Waals surface area contributed by atoms with Crippen molar-refractivity contribution in [3.8, 4) is 11.5 Å². The highest BCUT2D eigenvalue weighted by atomic mass is 16.3. The lowest BCUT2D eigenvalue weighted by Crippen LogP contribution is -2.33. The van der Waals surface area contributed by atoms with Gasteiger partial charge in [0.2, 0.25) is 5.91 Å². The number of carbonyl (C=O) groups excluding carboxylic acids is 2. The Balaban J connectivity index is 2.06. The van der Waals surface area contributed by atoms with Crippen LogP contribution in [0.4, 0.5) is 0 Å². The summed E-state index contributed by atoms with van der Waals surface area (Å²) in [6.45, 7) is 3.92. The lowest BCUT2D eigenvalue weighted by atomic mass is 10.1. The number of carbonyl (C=O) groups is 2. The van der Waals surface area contributed by atoms with Crippen molar-refractivity contribution in [3.63, 3.8) is 0 Å². The molecule has 106 valence electrons. The Hall–Kier alpha value is -2.57. The van der Waals surface area contributed by atoms with Gasteiger partial charge in [-0.2, -0.15) is 5.10 Å². The monoisotopic (exact) mass is 276 g/mol. The third kappa shape index (κ3) is 3.05. The van der Waals surface area contributed by atoms with Gasteiger partial charge in [-0.15, -0.1) is 0 Å². The van der Waals surface area contributed by atoms with E-state index in [1.807, 2.05) is 0 Å². The van der Waals surface area contributed by atoms with E-state index < -0.39 is 0 Å². The molecule has 0 saturated carbocycles. The predicted octanol–water partition coefficient (Wildman–Crippen LogP) is 0.844. The van der Waals surface area contributed by atoms with Gasteiger partial charge >= 0.3 is 0 Å². The predicted molar refractivity (Wildman–Crippen MR) is 72.0 cm³/mol. The third-order valence-corrected chi connectivity index (χ3v) is 2.71. The number of aromatic nitrogens is 2. The molecule has 3 N–H and O–H groups in total. The molecule has 7 nitrogen and oxygen atoms in total. The Kier molecular flexibility index (Phi) is 4.19. The molecule has 2 rings (SSSR count). The molecule has 0 atom stereocenters. The van der Waals surface area contributed by atoms with Gasteiger partial charge in [0.25, 0.3) is 5.91 Å². The first kappa shape index (κ1) is 13.9. The van der Waals surface area contributed by atoms with E-state index in [1.54, 1.807) is 19.1 Å². The lowest BCUT2D eigenvalue weighted by molar-refractivity contribution is -0.118. The van der Waals surface area contributed by atoms with Crippen molar-refractivity contribution in [3.05, 3.63) is 29.7 Å². The topological polar surface area (TPSA) is 100 Å². The Morgan fingerprint density at radius 1 is 1.35 bits per heavy atom. The van der Waals surface area contributed by atoms with Crippen LogP contribution in [0.3, 0.4) is 0 Å². The van der Waals surface area contributed by atoms with Crippen molar-refractivity contribution >= 4 is 11.8 Å². The highest BCUT2D eigenvalue weighted by Gasteiger charge is 2.20. The van der Waals surface area contributed by atoms with E-state index in [-0.39, 0.29) is 11.8 Å². The molecule has 2 heterocycles. The van der Waals surface area contributed by atoms with Crippen LogP contribution in [0.15, 0.2) is 22.8 Å². The maximum atomic E-state index is 12.2. The summed E-state index contributed by atoms with van der Waals surface area (Å²) in [7, 11) is 0. The molecule has 2 aromatic heterocycles. The number of aryl methyl sites for hydroxylation is 1. The number of furan rings is 1. The molecule has 0 spiro atoms. The molecular weight excluding hydrogens is 260 g/mol. The first-order chi connectivity index (χ1) is 9.59. The quantitative estimate of drug-likeness (QED) is 0.705. The summed E-state index contributed by atoms with van der Waals surface area (Å²) in [4.78, 5) is 22.9. The van der Waals surface area contributed by atoms with Crippen LogP contribution in [-0.2, 0) is 4.79 Å². The molecule has 0 bridgehead atoms. The van der Waals surface area contributed by atoms with Crippen LogP contribution in [0, 0.1) is 6.92 Å². The summed E-state index contributed by atoms with van der Waals surface area (Å²) >= 11 is 0. The summed E-state index contributed by atoms with van der Waals surface area (Å²) in [5.41, 5.74) is 1.58. The van der Waals surface area contributed by atoms with Crippen LogP contribution in [0.5, 0.6) is 0 Å². The van der Waals surface area contributed by atoms with Gasteiger partial charge in [-0.25, -0.2) is 0 Å². The van der Waals surface area contributed by atoms with Crippen LogP contribution in [-0.4, -0.2) is 35.1 Å². The Morgan fingerprint density at radius 3 is 2.75 bits per heavy atom. The van der Waals surface area contributed by atoms with E-state index in [1.165, 1.54) is 13.2 Å². The summed E-state index contributed by atoms with van der Waals surface area (Å²) < 4.78 is 5.26. The van der Waals surface area contributed by atoms with Crippen LogP contribution < -0.4 is 10.6 Å². The summed E-state index contributed by atoms with van der Waals surface area (Å²) in [6, 6.07) is 3.47. The molecule has 0 fully saturated rings. The van der Waals surface area contributed by atoms with Crippen molar-refractivity contribution in [2.75, 3.05) is 13.1 Å². The number of aromatic amines is 1. The van der Waals surface area contributed by atoms with Crippen molar-refractivity contribution in [1.82, 2.24) is 20.8 Å². The fraction of sp³-hybridized carbons (Fsp3) is 0.308. The third-order valence-electron chi connectivity index (χ3n) is 2.71. The fourth-order valence-electron chi connectivity index (χ4n) is 1.80. The second-order valence-electron chi connectivity index (χ2n) is 4.29. The molecule has 0 unspecified atom stereocenters. The number of amides is 2. The van der Waals surface area contributed by atoms with Crippen LogP contribution >= 0.6 is 0 Å². The average molecular weight is 276 g/mol. The number of hydrogen-bond donors (Lipinski definition) is 3.